The highest BCUT2D eigenvalue weighted by Crippen LogP contribution is 2.17. The summed E-state index contributed by atoms with van der Waals surface area (Å²) in [4.78, 5) is 12.2. The maximum absolute atomic E-state index is 12.2. The van der Waals surface area contributed by atoms with Crippen molar-refractivity contribution in [3.63, 3.8) is 0 Å². The summed E-state index contributed by atoms with van der Waals surface area (Å²) in [5.41, 5.74) is 1.08. The van der Waals surface area contributed by atoms with Gasteiger partial charge in [0.2, 0.25) is 0 Å². The lowest BCUT2D eigenvalue weighted by molar-refractivity contribution is 0.186. The second-order valence-corrected chi connectivity index (χ2v) is 4.86. The number of nitrogens with zero attached hydrogens (tertiary/aromatic N) is 1. The van der Waals surface area contributed by atoms with Gasteiger partial charge in [-0.25, -0.2) is 0 Å². The van der Waals surface area contributed by atoms with E-state index in [0.717, 1.165) is 25.0 Å². The van der Waals surface area contributed by atoms with Crippen LogP contribution in [-0.2, 0) is 11.2 Å². The van der Waals surface area contributed by atoms with Crippen LogP contribution in [0.4, 0.5) is 0 Å². The average Bonchev–Trinajstić information content (AvgIpc) is 2.73. The zero-order valence-electron chi connectivity index (χ0n) is 9.98. The molecule has 1 aliphatic rings. The smallest absolute Gasteiger partial charge is 0.254 e. The Hall–Kier alpha value is -1.09. The van der Waals surface area contributed by atoms with Gasteiger partial charge in [-0.1, -0.05) is 19.9 Å². The summed E-state index contributed by atoms with van der Waals surface area (Å²) in [6, 6.07) is 4.14. The molecule has 1 aromatic heterocycles. The van der Waals surface area contributed by atoms with Gasteiger partial charge >= 0.3 is 0 Å². The quantitative estimate of drug-likeness (QED) is 0.781. The lowest BCUT2D eigenvalue weighted by Gasteiger charge is -2.14. The minimum atomic E-state index is 0.159. The van der Waals surface area contributed by atoms with Crippen LogP contribution in [0.3, 0.4) is 0 Å². The summed E-state index contributed by atoms with van der Waals surface area (Å²) < 4.78 is 7.17. The van der Waals surface area contributed by atoms with Crippen molar-refractivity contribution in [3.05, 3.63) is 34.2 Å². The predicted molar refractivity (Wildman–Crippen MR) is 63.7 cm³/mol. The van der Waals surface area contributed by atoms with Crippen LogP contribution in [0.15, 0.2) is 23.1 Å². The van der Waals surface area contributed by atoms with E-state index >= 15 is 0 Å². The van der Waals surface area contributed by atoms with Crippen LogP contribution >= 0.6 is 0 Å². The van der Waals surface area contributed by atoms with Crippen molar-refractivity contribution in [2.75, 3.05) is 13.2 Å². The van der Waals surface area contributed by atoms with E-state index in [1.807, 2.05) is 22.9 Å². The van der Waals surface area contributed by atoms with Crippen molar-refractivity contribution in [1.82, 2.24) is 4.57 Å². The molecule has 0 N–H and O–H groups in total. The van der Waals surface area contributed by atoms with E-state index in [1.54, 1.807) is 0 Å². The largest absolute Gasteiger partial charge is 0.379 e. The number of hydrogen-bond donors (Lipinski definition) is 0. The third-order valence-electron chi connectivity index (χ3n) is 2.98. The number of pyridine rings is 1. The van der Waals surface area contributed by atoms with E-state index < -0.39 is 0 Å². The van der Waals surface area contributed by atoms with Gasteiger partial charge < -0.3 is 9.30 Å². The topological polar surface area (TPSA) is 31.2 Å². The second kappa shape index (κ2) is 4.83. The molecule has 0 bridgehead atoms. The zero-order chi connectivity index (χ0) is 11.5. The third-order valence-corrected chi connectivity index (χ3v) is 2.98. The maximum atomic E-state index is 12.2. The third kappa shape index (κ3) is 2.35. The molecule has 3 heteroatoms. The van der Waals surface area contributed by atoms with Gasteiger partial charge in [0.25, 0.3) is 5.56 Å². The summed E-state index contributed by atoms with van der Waals surface area (Å²) >= 11 is 0. The SMILES string of the molecule is CC(C)Cc1cccn(C2CCOC2)c1=O. The Morgan fingerprint density at radius 1 is 1.56 bits per heavy atom. The Kier molecular flexibility index (Phi) is 3.44. The molecule has 1 aromatic rings. The van der Waals surface area contributed by atoms with Gasteiger partial charge in [-0.15, -0.1) is 0 Å². The fourth-order valence-corrected chi connectivity index (χ4v) is 2.18. The summed E-state index contributed by atoms with van der Waals surface area (Å²) in [5.74, 6) is 0.517. The Labute approximate surface area is 96.0 Å². The van der Waals surface area contributed by atoms with Gasteiger partial charge in [0.15, 0.2) is 0 Å². The van der Waals surface area contributed by atoms with E-state index in [4.69, 9.17) is 4.74 Å². The molecule has 1 fully saturated rings. The van der Waals surface area contributed by atoms with E-state index in [-0.39, 0.29) is 11.6 Å². The first kappa shape index (κ1) is 11.4. The first-order chi connectivity index (χ1) is 7.68. The number of hydrogen-bond acceptors (Lipinski definition) is 2. The molecule has 0 aromatic carbocycles. The Bertz CT molecular complexity index is 403. The lowest BCUT2D eigenvalue weighted by atomic mass is 10.0. The molecule has 2 heterocycles. The molecule has 0 aliphatic carbocycles. The van der Waals surface area contributed by atoms with Crippen LogP contribution in [0.1, 0.15) is 31.9 Å². The van der Waals surface area contributed by atoms with Crippen molar-refractivity contribution in [3.8, 4) is 0 Å². The standard InChI is InChI=1S/C13H19NO2/c1-10(2)8-11-4-3-6-14(13(11)15)12-5-7-16-9-12/h3-4,6,10,12H,5,7-9H2,1-2H3. The number of ether oxygens (including phenoxy) is 1. The average molecular weight is 221 g/mol. The summed E-state index contributed by atoms with van der Waals surface area (Å²) in [7, 11) is 0. The highest BCUT2D eigenvalue weighted by atomic mass is 16.5. The molecule has 88 valence electrons. The van der Waals surface area contributed by atoms with Crippen molar-refractivity contribution in [1.29, 1.82) is 0 Å². The van der Waals surface area contributed by atoms with Crippen molar-refractivity contribution in [2.45, 2.75) is 32.7 Å². The van der Waals surface area contributed by atoms with Crippen LogP contribution < -0.4 is 5.56 Å². The van der Waals surface area contributed by atoms with E-state index in [2.05, 4.69) is 13.8 Å². The fourth-order valence-electron chi connectivity index (χ4n) is 2.18. The highest BCUT2D eigenvalue weighted by molar-refractivity contribution is 5.12. The van der Waals surface area contributed by atoms with Gasteiger partial charge in [0, 0.05) is 18.4 Å². The summed E-state index contributed by atoms with van der Waals surface area (Å²) in [5, 5.41) is 0. The van der Waals surface area contributed by atoms with Crippen molar-refractivity contribution in [2.24, 2.45) is 5.92 Å². The molecule has 1 saturated heterocycles. The van der Waals surface area contributed by atoms with Crippen LogP contribution in [0, 0.1) is 5.92 Å². The molecule has 1 unspecified atom stereocenters. The van der Waals surface area contributed by atoms with Gasteiger partial charge in [0.1, 0.15) is 0 Å². The maximum Gasteiger partial charge on any atom is 0.254 e. The van der Waals surface area contributed by atoms with Crippen LogP contribution in [0.5, 0.6) is 0 Å². The molecule has 1 atom stereocenters. The van der Waals surface area contributed by atoms with Crippen LogP contribution in [0.2, 0.25) is 0 Å². The molecule has 16 heavy (non-hydrogen) atoms. The molecular formula is C13H19NO2. The lowest BCUT2D eigenvalue weighted by Crippen LogP contribution is -2.27. The van der Waals surface area contributed by atoms with Gasteiger partial charge in [0.05, 0.1) is 12.6 Å². The molecule has 0 amide bonds. The normalized spacial score (nSPS) is 20.6. The van der Waals surface area contributed by atoms with Crippen LogP contribution in [-0.4, -0.2) is 17.8 Å². The van der Waals surface area contributed by atoms with Gasteiger partial charge in [-0.2, -0.15) is 0 Å². The molecule has 2 rings (SSSR count). The van der Waals surface area contributed by atoms with E-state index in [0.29, 0.717) is 12.5 Å². The minimum Gasteiger partial charge on any atom is -0.379 e. The first-order valence-electron chi connectivity index (χ1n) is 5.96. The van der Waals surface area contributed by atoms with Crippen LogP contribution in [0.25, 0.3) is 0 Å². The molecule has 0 saturated carbocycles. The minimum absolute atomic E-state index is 0.159. The highest BCUT2D eigenvalue weighted by Gasteiger charge is 2.19. The zero-order valence-corrected chi connectivity index (χ0v) is 9.98. The Morgan fingerprint density at radius 2 is 2.38 bits per heavy atom. The predicted octanol–water partition coefficient (Wildman–Crippen LogP) is 2.01. The first-order valence-corrected chi connectivity index (χ1v) is 5.96. The molecule has 3 nitrogen and oxygen atoms in total. The fraction of sp³-hybridized carbons (Fsp3) is 0.615. The van der Waals surface area contributed by atoms with Gasteiger partial charge in [-0.3, -0.25) is 4.79 Å². The van der Waals surface area contributed by atoms with Crippen molar-refractivity contribution >= 4 is 0 Å². The summed E-state index contributed by atoms with van der Waals surface area (Å²) in [6.07, 6.45) is 3.68. The Balaban J connectivity index is 2.28. The Morgan fingerprint density at radius 3 is 3.00 bits per heavy atom. The van der Waals surface area contributed by atoms with Crippen molar-refractivity contribution < 1.29 is 4.74 Å². The molecule has 0 radical (unpaired) electrons. The monoisotopic (exact) mass is 221 g/mol. The molecule has 0 spiro atoms. The molecular weight excluding hydrogens is 202 g/mol. The molecule has 1 aliphatic heterocycles. The van der Waals surface area contributed by atoms with E-state index in [9.17, 15) is 4.79 Å². The van der Waals surface area contributed by atoms with E-state index in [1.165, 1.54) is 0 Å². The summed E-state index contributed by atoms with van der Waals surface area (Å²) in [6.45, 7) is 5.71. The number of aromatic nitrogens is 1. The second-order valence-electron chi connectivity index (χ2n) is 4.86. The van der Waals surface area contributed by atoms with Gasteiger partial charge in [-0.05, 0) is 24.8 Å². The number of rotatable bonds is 3.